The van der Waals surface area contributed by atoms with Crippen LogP contribution >= 0.6 is 32.4 Å². The molecule has 180 valence electrons. The molecular weight excluding hydrogens is 504 g/mol. The van der Waals surface area contributed by atoms with Crippen molar-refractivity contribution in [3.63, 3.8) is 0 Å². The van der Waals surface area contributed by atoms with Crippen LogP contribution in [-0.2, 0) is 23.9 Å². The molecule has 34 heavy (non-hydrogen) atoms. The molecule has 1 aliphatic heterocycles. The van der Waals surface area contributed by atoms with Crippen LogP contribution in [0, 0.1) is 12.8 Å². The van der Waals surface area contributed by atoms with E-state index in [1.807, 2.05) is 10.6 Å². The first-order valence-corrected chi connectivity index (χ1v) is 12.0. The number of hydrogen-bond donors (Lipinski definition) is 1. The van der Waals surface area contributed by atoms with E-state index in [4.69, 9.17) is 23.2 Å². The molecular formula is C24H23Cl2F2N2O3P. The first kappa shape index (κ1) is 24.9. The second-order valence-corrected chi connectivity index (χ2v) is 10.2. The number of nitrogens with zero attached hydrogens (tertiary/aromatic N) is 2. The zero-order valence-corrected chi connectivity index (χ0v) is 21.2. The molecule has 2 heterocycles. The van der Waals surface area contributed by atoms with Crippen LogP contribution in [0.4, 0.5) is 8.78 Å². The monoisotopic (exact) mass is 526 g/mol. The predicted molar refractivity (Wildman–Crippen MR) is 132 cm³/mol. The normalized spacial score (nSPS) is 16.4. The Hall–Kier alpha value is -2.21. The topological polar surface area (TPSA) is 62.5 Å². The fourth-order valence-corrected chi connectivity index (χ4v) is 5.20. The number of carboxylic acids is 1. The average Bonchev–Trinajstić information content (AvgIpc) is 3.36. The van der Waals surface area contributed by atoms with Crippen molar-refractivity contribution in [3.05, 3.63) is 68.3 Å². The van der Waals surface area contributed by atoms with E-state index < -0.39 is 17.6 Å². The summed E-state index contributed by atoms with van der Waals surface area (Å²) in [6, 6.07) is 7.99. The summed E-state index contributed by atoms with van der Waals surface area (Å²) in [6.07, 6.45) is 0.680. The van der Waals surface area contributed by atoms with Crippen molar-refractivity contribution in [2.75, 3.05) is 13.1 Å². The van der Waals surface area contributed by atoms with Crippen molar-refractivity contribution in [1.82, 2.24) is 9.47 Å². The van der Waals surface area contributed by atoms with E-state index in [9.17, 15) is 23.5 Å². The Morgan fingerprint density at radius 2 is 1.94 bits per heavy atom. The van der Waals surface area contributed by atoms with Crippen molar-refractivity contribution in [1.29, 1.82) is 0 Å². The van der Waals surface area contributed by atoms with Gasteiger partial charge in [0.1, 0.15) is 0 Å². The highest BCUT2D eigenvalue weighted by atomic mass is 35.5. The Morgan fingerprint density at radius 3 is 2.56 bits per heavy atom. The fourth-order valence-electron chi connectivity index (χ4n) is 4.45. The SMILES string of the molecule is Cc1cc(C(F)(F)P)cc2c1cc(Cc1c(Cl)ccc(C(=O)N3CCC(C(=O)O)C3)c1Cl)n2C. The number of hydrogen-bond acceptors (Lipinski definition) is 2. The Bertz CT molecular complexity index is 1320. The second-order valence-electron chi connectivity index (χ2n) is 8.68. The smallest absolute Gasteiger partial charge is 0.308 e. The third-order valence-electron chi connectivity index (χ3n) is 6.45. The van der Waals surface area contributed by atoms with Gasteiger partial charge in [-0.25, -0.2) is 0 Å². The molecule has 3 aromatic rings. The van der Waals surface area contributed by atoms with Crippen LogP contribution in [0.2, 0.25) is 10.0 Å². The summed E-state index contributed by atoms with van der Waals surface area (Å²) in [7, 11) is 3.35. The first-order valence-electron chi connectivity index (χ1n) is 10.6. The zero-order chi connectivity index (χ0) is 24.9. The lowest BCUT2D eigenvalue weighted by molar-refractivity contribution is -0.141. The van der Waals surface area contributed by atoms with Gasteiger partial charge in [0.05, 0.1) is 16.5 Å². The molecule has 0 spiro atoms. The summed E-state index contributed by atoms with van der Waals surface area (Å²) in [5.74, 6) is -1.86. The Morgan fingerprint density at radius 1 is 1.24 bits per heavy atom. The van der Waals surface area contributed by atoms with Crippen molar-refractivity contribution in [2.24, 2.45) is 13.0 Å². The third kappa shape index (κ3) is 4.53. The van der Waals surface area contributed by atoms with Gasteiger partial charge in [0.15, 0.2) is 0 Å². The number of aryl methyl sites for hydroxylation is 2. The van der Waals surface area contributed by atoms with Gasteiger partial charge in [0.25, 0.3) is 11.6 Å². The number of carbonyl (C=O) groups is 2. The molecule has 1 aromatic heterocycles. The number of halogens is 4. The maximum atomic E-state index is 13.9. The molecule has 5 nitrogen and oxygen atoms in total. The van der Waals surface area contributed by atoms with E-state index in [1.54, 1.807) is 35.3 Å². The van der Waals surface area contributed by atoms with Gasteiger partial charge in [-0.05, 0) is 54.8 Å². The summed E-state index contributed by atoms with van der Waals surface area (Å²) in [6.45, 7) is 2.26. The molecule has 1 saturated heterocycles. The minimum atomic E-state index is -3.04. The van der Waals surface area contributed by atoms with Crippen molar-refractivity contribution < 1.29 is 23.5 Å². The molecule has 0 aliphatic carbocycles. The summed E-state index contributed by atoms with van der Waals surface area (Å²) in [5, 5.41) is 10.6. The minimum absolute atomic E-state index is 0.0933. The van der Waals surface area contributed by atoms with Gasteiger partial charge in [-0.15, -0.1) is 0 Å². The van der Waals surface area contributed by atoms with Gasteiger partial charge in [0.2, 0.25) is 0 Å². The standard InChI is InChI=1S/C24H23Cl2F2N2O3P/c1-12-7-14(24(27,28)34)8-20-17(12)9-15(29(20)2)10-18-19(25)4-3-16(21(18)26)22(31)30-6-5-13(11-30)23(32)33/h3-4,7-9,13H,5-6,10-11,34H2,1-2H3,(H,32,33). The van der Waals surface area contributed by atoms with Crippen LogP contribution in [0.5, 0.6) is 0 Å². The number of likely N-dealkylation sites (tertiary alicyclic amines) is 1. The van der Waals surface area contributed by atoms with E-state index in [2.05, 4.69) is 0 Å². The number of aliphatic carboxylic acids is 1. The summed E-state index contributed by atoms with van der Waals surface area (Å²) < 4.78 is 29.7. The van der Waals surface area contributed by atoms with Crippen molar-refractivity contribution in [2.45, 2.75) is 25.4 Å². The molecule has 2 atom stereocenters. The van der Waals surface area contributed by atoms with Gasteiger partial charge in [0, 0.05) is 53.7 Å². The highest BCUT2D eigenvalue weighted by Crippen LogP contribution is 2.39. The molecule has 0 saturated carbocycles. The lowest BCUT2D eigenvalue weighted by Gasteiger charge is -2.18. The molecule has 1 fully saturated rings. The van der Waals surface area contributed by atoms with Gasteiger partial charge in [-0.3, -0.25) is 9.59 Å². The molecule has 1 amide bonds. The van der Waals surface area contributed by atoms with Crippen LogP contribution in [0.25, 0.3) is 10.9 Å². The van der Waals surface area contributed by atoms with E-state index in [-0.39, 0.29) is 35.0 Å². The van der Waals surface area contributed by atoms with Crippen molar-refractivity contribution in [3.8, 4) is 0 Å². The number of alkyl halides is 2. The lowest BCUT2D eigenvalue weighted by atomic mass is 10.0. The van der Waals surface area contributed by atoms with Gasteiger partial charge < -0.3 is 14.6 Å². The summed E-state index contributed by atoms with van der Waals surface area (Å²) in [5.41, 5.74) is -0.162. The summed E-state index contributed by atoms with van der Waals surface area (Å²) in [4.78, 5) is 25.8. The number of carboxylic acid groups (broad SMARTS) is 1. The fraction of sp³-hybridized carbons (Fsp3) is 0.333. The molecule has 4 rings (SSSR count). The number of rotatable bonds is 5. The average molecular weight is 527 g/mol. The van der Waals surface area contributed by atoms with Crippen LogP contribution < -0.4 is 0 Å². The van der Waals surface area contributed by atoms with Crippen LogP contribution in [0.3, 0.4) is 0 Å². The molecule has 1 N–H and O–H groups in total. The molecule has 10 heteroatoms. The summed E-state index contributed by atoms with van der Waals surface area (Å²) >= 11 is 13.1. The maximum absolute atomic E-state index is 13.9. The number of benzene rings is 2. The first-order chi connectivity index (χ1) is 15.9. The third-order valence-corrected chi connectivity index (χ3v) is 7.57. The van der Waals surface area contributed by atoms with Gasteiger partial charge in [-0.1, -0.05) is 32.4 Å². The molecule has 2 unspecified atom stereocenters. The number of fused-ring (bicyclic) bond motifs is 1. The maximum Gasteiger partial charge on any atom is 0.308 e. The Balaban J connectivity index is 1.70. The quantitative estimate of drug-likeness (QED) is 0.424. The lowest BCUT2D eigenvalue weighted by Crippen LogP contribution is -2.30. The van der Waals surface area contributed by atoms with Crippen molar-refractivity contribution >= 4 is 55.2 Å². The van der Waals surface area contributed by atoms with Crippen LogP contribution in [-0.4, -0.2) is 39.5 Å². The largest absolute Gasteiger partial charge is 0.481 e. The Labute approximate surface area is 207 Å². The predicted octanol–water partition coefficient (Wildman–Crippen LogP) is 5.86. The van der Waals surface area contributed by atoms with Crippen LogP contribution in [0.1, 0.15) is 39.2 Å². The van der Waals surface area contributed by atoms with Gasteiger partial charge in [-0.2, -0.15) is 8.78 Å². The highest BCUT2D eigenvalue weighted by Gasteiger charge is 2.32. The molecule has 0 bridgehead atoms. The molecule has 1 aliphatic rings. The second kappa shape index (κ2) is 9.10. The van der Waals surface area contributed by atoms with E-state index in [1.165, 1.54) is 17.0 Å². The van der Waals surface area contributed by atoms with E-state index in [0.29, 0.717) is 29.1 Å². The van der Waals surface area contributed by atoms with E-state index in [0.717, 1.165) is 16.6 Å². The Kier molecular flexibility index (Phi) is 6.67. The zero-order valence-electron chi connectivity index (χ0n) is 18.5. The molecule has 2 aromatic carbocycles. The molecule has 0 radical (unpaired) electrons. The number of amides is 1. The van der Waals surface area contributed by atoms with Crippen LogP contribution in [0.15, 0.2) is 30.3 Å². The minimum Gasteiger partial charge on any atom is -0.481 e. The van der Waals surface area contributed by atoms with Gasteiger partial charge >= 0.3 is 5.97 Å². The van der Waals surface area contributed by atoms with E-state index >= 15 is 0 Å². The highest BCUT2D eigenvalue weighted by molar-refractivity contribution is 7.17. The number of carbonyl (C=O) groups excluding carboxylic acids is 1. The number of aromatic nitrogens is 1.